The molecule has 2 aromatic carbocycles. The molecule has 0 aliphatic carbocycles. The maximum Gasteiger partial charge on any atom is 0.291 e. The van der Waals surface area contributed by atoms with Crippen molar-refractivity contribution in [3.05, 3.63) is 63.1 Å². The summed E-state index contributed by atoms with van der Waals surface area (Å²) in [6.07, 6.45) is -2.82. The molecule has 0 spiro atoms. The van der Waals surface area contributed by atoms with Gasteiger partial charge in [0.25, 0.3) is 22.4 Å². The van der Waals surface area contributed by atoms with E-state index < -0.39 is 27.4 Å². The molecular weight excluding hydrogens is 469 g/mol. The zero-order chi connectivity index (χ0) is 21.2. The van der Waals surface area contributed by atoms with Crippen LogP contribution in [0.4, 0.5) is 19.6 Å². The lowest BCUT2D eigenvalue weighted by Crippen LogP contribution is -2.16. The number of hydrogen-bond donors (Lipinski definition) is 2. The van der Waals surface area contributed by atoms with Crippen molar-refractivity contribution in [2.24, 2.45) is 0 Å². The van der Waals surface area contributed by atoms with Crippen LogP contribution in [-0.2, 0) is 10.0 Å². The molecule has 3 rings (SSSR count). The number of alkyl halides is 2. The first-order valence-electron chi connectivity index (χ1n) is 7.66. The zero-order valence-corrected chi connectivity index (χ0v) is 17.2. The van der Waals surface area contributed by atoms with Crippen molar-refractivity contribution >= 4 is 61.3 Å². The molecule has 29 heavy (non-hydrogen) atoms. The van der Waals surface area contributed by atoms with Crippen LogP contribution in [0.3, 0.4) is 0 Å². The minimum atomic E-state index is -4.12. The van der Waals surface area contributed by atoms with Gasteiger partial charge in [0.05, 0.1) is 5.02 Å². The van der Waals surface area contributed by atoms with Crippen LogP contribution in [0.2, 0.25) is 10.0 Å². The summed E-state index contributed by atoms with van der Waals surface area (Å²) >= 11 is 12.3. The molecule has 0 fully saturated rings. The Bertz CT molecular complexity index is 1160. The van der Waals surface area contributed by atoms with Crippen molar-refractivity contribution in [2.75, 3.05) is 10.0 Å². The van der Waals surface area contributed by atoms with Gasteiger partial charge in [-0.2, -0.15) is 0 Å². The number of aromatic nitrogens is 2. The SMILES string of the molecule is O=C(Nc1nnc(C(F)F)s1)c1ccc(Cl)c(S(=O)(=O)Nc2ccc(Cl)cc2)c1. The molecule has 1 amide bonds. The number of benzene rings is 2. The Labute approximate surface area is 177 Å². The largest absolute Gasteiger partial charge is 0.296 e. The van der Waals surface area contributed by atoms with Crippen molar-refractivity contribution in [3.63, 3.8) is 0 Å². The Morgan fingerprint density at radius 1 is 1.07 bits per heavy atom. The Hall–Kier alpha value is -2.34. The minimum Gasteiger partial charge on any atom is -0.296 e. The van der Waals surface area contributed by atoms with Crippen LogP contribution in [0.5, 0.6) is 0 Å². The summed E-state index contributed by atoms with van der Waals surface area (Å²) < 4.78 is 52.8. The molecule has 1 aromatic heterocycles. The van der Waals surface area contributed by atoms with Gasteiger partial charge in [-0.1, -0.05) is 34.5 Å². The van der Waals surface area contributed by atoms with Gasteiger partial charge in [0.15, 0.2) is 5.01 Å². The second-order valence-corrected chi connectivity index (χ2v) is 8.96. The predicted octanol–water partition coefficient (Wildman–Crippen LogP) is 4.84. The van der Waals surface area contributed by atoms with E-state index in [9.17, 15) is 22.0 Å². The molecule has 0 atom stereocenters. The van der Waals surface area contributed by atoms with Crippen molar-refractivity contribution in [1.82, 2.24) is 10.2 Å². The van der Waals surface area contributed by atoms with Crippen LogP contribution in [0.15, 0.2) is 47.4 Å². The molecule has 0 aliphatic heterocycles. The molecule has 2 N–H and O–H groups in total. The number of nitrogens with one attached hydrogen (secondary N) is 2. The number of rotatable bonds is 6. The first-order chi connectivity index (χ1) is 13.7. The smallest absolute Gasteiger partial charge is 0.291 e. The minimum absolute atomic E-state index is 0.0697. The van der Waals surface area contributed by atoms with E-state index in [1.54, 1.807) is 0 Å². The van der Waals surface area contributed by atoms with Gasteiger partial charge in [-0.05, 0) is 42.5 Å². The number of hydrogen-bond acceptors (Lipinski definition) is 6. The summed E-state index contributed by atoms with van der Waals surface area (Å²) in [5.74, 6) is -0.762. The summed E-state index contributed by atoms with van der Waals surface area (Å²) in [7, 11) is -4.12. The number of carbonyl (C=O) groups excluding carboxylic acids is 1. The highest BCUT2D eigenvalue weighted by Gasteiger charge is 2.21. The van der Waals surface area contributed by atoms with Crippen molar-refractivity contribution in [2.45, 2.75) is 11.3 Å². The fraction of sp³-hybridized carbons (Fsp3) is 0.0625. The third-order valence-corrected chi connectivity index (χ3v) is 6.39. The molecular formula is C16H10Cl2F2N4O3S2. The van der Waals surface area contributed by atoms with E-state index in [0.717, 1.165) is 6.07 Å². The van der Waals surface area contributed by atoms with Gasteiger partial charge in [0.2, 0.25) is 5.13 Å². The van der Waals surface area contributed by atoms with E-state index in [1.165, 1.54) is 36.4 Å². The first kappa shape index (κ1) is 21.4. The molecule has 152 valence electrons. The summed E-state index contributed by atoms with van der Waals surface area (Å²) in [5.41, 5.74) is 0.174. The lowest BCUT2D eigenvalue weighted by Gasteiger charge is -2.11. The number of sulfonamides is 1. The highest BCUT2D eigenvalue weighted by molar-refractivity contribution is 7.92. The Morgan fingerprint density at radius 3 is 2.38 bits per heavy atom. The fourth-order valence-corrected chi connectivity index (χ4v) is 4.43. The van der Waals surface area contributed by atoms with Gasteiger partial charge in [-0.3, -0.25) is 14.8 Å². The van der Waals surface area contributed by atoms with Gasteiger partial charge in [0, 0.05) is 16.3 Å². The molecule has 0 radical (unpaired) electrons. The van der Waals surface area contributed by atoms with Crippen LogP contribution in [0.25, 0.3) is 0 Å². The lowest BCUT2D eigenvalue weighted by molar-refractivity contribution is 0.102. The normalized spacial score (nSPS) is 11.5. The van der Waals surface area contributed by atoms with Crippen LogP contribution in [0, 0.1) is 0 Å². The van der Waals surface area contributed by atoms with Crippen LogP contribution in [0.1, 0.15) is 21.8 Å². The third kappa shape index (κ3) is 5.18. The average molecular weight is 479 g/mol. The second-order valence-electron chi connectivity index (χ2n) is 5.46. The molecule has 0 bridgehead atoms. The Kier molecular flexibility index (Phi) is 6.32. The number of anilines is 2. The summed E-state index contributed by atoms with van der Waals surface area (Å²) in [6.45, 7) is 0. The third-order valence-electron chi connectivity index (χ3n) is 3.43. The van der Waals surface area contributed by atoms with Crippen LogP contribution >= 0.6 is 34.5 Å². The first-order valence-corrected chi connectivity index (χ1v) is 10.7. The van der Waals surface area contributed by atoms with E-state index in [0.29, 0.717) is 16.4 Å². The summed E-state index contributed by atoms with van der Waals surface area (Å²) in [5, 5.41) is 8.60. The van der Waals surface area contributed by atoms with E-state index in [4.69, 9.17) is 23.2 Å². The van der Waals surface area contributed by atoms with Crippen molar-refractivity contribution < 1.29 is 22.0 Å². The highest BCUT2D eigenvalue weighted by Crippen LogP contribution is 2.28. The fourth-order valence-electron chi connectivity index (χ4n) is 2.12. The maximum atomic E-state index is 12.7. The topological polar surface area (TPSA) is 101 Å². The molecule has 1 heterocycles. The maximum absolute atomic E-state index is 12.7. The number of amides is 1. The van der Waals surface area contributed by atoms with Gasteiger partial charge in [0.1, 0.15) is 4.90 Å². The predicted molar refractivity (Wildman–Crippen MR) is 107 cm³/mol. The summed E-state index contributed by atoms with van der Waals surface area (Å²) in [6, 6.07) is 9.50. The van der Waals surface area contributed by atoms with Gasteiger partial charge in [-0.15, -0.1) is 10.2 Å². The van der Waals surface area contributed by atoms with E-state index in [-0.39, 0.29) is 26.3 Å². The van der Waals surface area contributed by atoms with Crippen molar-refractivity contribution in [3.8, 4) is 0 Å². The monoisotopic (exact) mass is 478 g/mol. The molecule has 7 nitrogen and oxygen atoms in total. The average Bonchev–Trinajstić information content (AvgIpc) is 3.12. The van der Waals surface area contributed by atoms with E-state index in [2.05, 4.69) is 20.2 Å². The molecule has 0 saturated heterocycles. The standard InChI is InChI=1S/C16H10Cl2F2N4O3S2/c17-9-2-4-10(5-3-9)24-29(26,27)12-7-8(1-6-11(12)18)14(25)21-16-23-22-15(28-16)13(19)20/h1-7,13,24H,(H,21,23,25). The lowest BCUT2D eigenvalue weighted by atomic mass is 10.2. The zero-order valence-electron chi connectivity index (χ0n) is 14.1. The quantitative estimate of drug-likeness (QED) is 0.527. The number of nitrogens with zero attached hydrogens (tertiary/aromatic N) is 2. The number of carbonyl (C=O) groups is 1. The van der Waals surface area contributed by atoms with E-state index >= 15 is 0 Å². The van der Waals surface area contributed by atoms with Crippen LogP contribution < -0.4 is 10.0 Å². The van der Waals surface area contributed by atoms with Gasteiger partial charge >= 0.3 is 0 Å². The second kappa shape index (κ2) is 8.57. The molecule has 0 saturated carbocycles. The van der Waals surface area contributed by atoms with Gasteiger partial charge < -0.3 is 0 Å². The molecule has 0 unspecified atom stereocenters. The van der Waals surface area contributed by atoms with Crippen molar-refractivity contribution in [1.29, 1.82) is 0 Å². The molecule has 0 aliphatic rings. The van der Waals surface area contributed by atoms with Crippen LogP contribution in [-0.4, -0.2) is 24.5 Å². The number of halogens is 4. The highest BCUT2D eigenvalue weighted by atomic mass is 35.5. The van der Waals surface area contributed by atoms with Gasteiger partial charge in [-0.25, -0.2) is 17.2 Å². The summed E-state index contributed by atoms with van der Waals surface area (Å²) in [4.78, 5) is 12.0. The molecule has 3 aromatic rings. The molecule has 13 heteroatoms. The Balaban J connectivity index is 1.84. The Morgan fingerprint density at radius 2 is 1.76 bits per heavy atom. The van der Waals surface area contributed by atoms with E-state index in [1.807, 2.05) is 0 Å².